The Labute approximate surface area is 88.3 Å². The number of hydrogen-bond acceptors (Lipinski definition) is 3. The summed E-state index contributed by atoms with van der Waals surface area (Å²) in [6, 6.07) is 1.79. The number of alkyl halides is 1. The predicted molar refractivity (Wildman–Crippen MR) is 56.5 cm³/mol. The Morgan fingerprint density at radius 2 is 2.36 bits per heavy atom. The van der Waals surface area contributed by atoms with Crippen LogP contribution < -0.4 is 0 Å². The quantitative estimate of drug-likeness (QED) is 0.276. The highest BCUT2D eigenvalue weighted by Gasteiger charge is 1.99. The third kappa shape index (κ3) is 2.76. The maximum Gasteiger partial charge on any atom is 0.188 e. The van der Waals surface area contributed by atoms with Crippen molar-refractivity contribution in [3.05, 3.63) is 16.9 Å². The van der Waals surface area contributed by atoms with Crippen molar-refractivity contribution in [3.63, 3.8) is 0 Å². The molecule has 0 aliphatic heterocycles. The van der Waals surface area contributed by atoms with Crippen LogP contribution in [0.15, 0.2) is 11.2 Å². The maximum atomic E-state index is 5.74. The fourth-order valence-electron chi connectivity index (χ4n) is 0.601. The molecule has 0 fully saturated rings. The molecule has 0 bridgehead atoms. The van der Waals surface area contributed by atoms with Crippen molar-refractivity contribution in [2.75, 3.05) is 6.26 Å². The maximum absolute atomic E-state index is 5.74. The second-order valence-electron chi connectivity index (χ2n) is 1.80. The van der Waals surface area contributed by atoms with Gasteiger partial charge >= 0.3 is 0 Å². The van der Waals surface area contributed by atoms with E-state index in [0.29, 0.717) is 5.15 Å². The van der Waals surface area contributed by atoms with E-state index in [9.17, 15) is 0 Å². The van der Waals surface area contributed by atoms with E-state index in [4.69, 9.17) is 11.6 Å². The Hall–Kier alpha value is 0.450. The number of rotatable bonds is 2. The third-order valence-corrected chi connectivity index (χ3v) is 2.57. The Kier molecular flexibility index (Phi) is 3.88. The molecular formula is C6H6ClIN2S. The second-order valence-corrected chi connectivity index (χ2v) is 3.73. The van der Waals surface area contributed by atoms with Crippen molar-refractivity contribution < 1.29 is 0 Å². The summed E-state index contributed by atoms with van der Waals surface area (Å²) in [6.45, 7) is 0. The second kappa shape index (κ2) is 4.47. The van der Waals surface area contributed by atoms with Crippen molar-refractivity contribution in [3.8, 4) is 0 Å². The van der Waals surface area contributed by atoms with Gasteiger partial charge in [0.25, 0.3) is 0 Å². The van der Waals surface area contributed by atoms with Gasteiger partial charge in [-0.15, -0.1) is 0 Å². The summed E-state index contributed by atoms with van der Waals surface area (Å²) in [5.74, 6) is 0. The summed E-state index contributed by atoms with van der Waals surface area (Å²) in [7, 11) is 0. The van der Waals surface area contributed by atoms with Crippen LogP contribution in [-0.2, 0) is 4.43 Å². The minimum absolute atomic E-state index is 0.524. The van der Waals surface area contributed by atoms with Crippen LogP contribution in [0.5, 0.6) is 0 Å². The Bertz CT molecular complexity index is 234. The zero-order valence-corrected chi connectivity index (χ0v) is 9.57. The third-order valence-electron chi connectivity index (χ3n) is 1.05. The van der Waals surface area contributed by atoms with E-state index in [2.05, 4.69) is 32.6 Å². The molecular weight excluding hydrogens is 295 g/mol. The van der Waals surface area contributed by atoms with Gasteiger partial charge in [0.15, 0.2) is 5.16 Å². The zero-order valence-electron chi connectivity index (χ0n) is 5.84. The van der Waals surface area contributed by atoms with E-state index in [1.54, 1.807) is 6.07 Å². The average molecular weight is 301 g/mol. The van der Waals surface area contributed by atoms with Crippen LogP contribution in [0.2, 0.25) is 5.15 Å². The monoisotopic (exact) mass is 300 g/mol. The molecule has 60 valence electrons. The molecule has 5 heteroatoms. The van der Waals surface area contributed by atoms with E-state index < -0.39 is 0 Å². The van der Waals surface area contributed by atoms with Crippen molar-refractivity contribution in [1.29, 1.82) is 0 Å². The van der Waals surface area contributed by atoms with E-state index in [0.717, 1.165) is 15.3 Å². The van der Waals surface area contributed by atoms with E-state index in [1.165, 1.54) is 11.8 Å². The summed E-state index contributed by atoms with van der Waals surface area (Å²) in [5.41, 5.74) is 0.981. The lowest BCUT2D eigenvalue weighted by molar-refractivity contribution is 0.933. The van der Waals surface area contributed by atoms with Crippen LogP contribution in [0.3, 0.4) is 0 Å². The lowest BCUT2D eigenvalue weighted by Crippen LogP contribution is -1.91. The molecule has 0 saturated carbocycles. The summed E-state index contributed by atoms with van der Waals surface area (Å²) >= 11 is 9.49. The van der Waals surface area contributed by atoms with Gasteiger partial charge in [-0.25, -0.2) is 9.97 Å². The van der Waals surface area contributed by atoms with E-state index in [1.807, 2.05) is 6.26 Å². The standard InChI is InChI=1S/C6H6ClIN2S/c1-11-6-9-4(3-8)2-5(7)10-6/h2H,3H2,1H3. The van der Waals surface area contributed by atoms with Crippen LogP contribution in [0.25, 0.3) is 0 Å². The van der Waals surface area contributed by atoms with Crippen LogP contribution >= 0.6 is 46.0 Å². The van der Waals surface area contributed by atoms with Gasteiger partial charge in [0, 0.05) is 4.43 Å². The molecule has 0 atom stereocenters. The van der Waals surface area contributed by atoms with Gasteiger partial charge < -0.3 is 0 Å². The number of thioether (sulfide) groups is 1. The molecule has 1 aromatic heterocycles. The highest BCUT2D eigenvalue weighted by molar-refractivity contribution is 14.1. The van der Waals surface area contributed by atoms with Gasteiger partial charge in [0.2, 0.25) is 0 Å². The van der Waals surface area contributed by atoms with Gasteiger partial charge in [-0.1, -0.05) is 46.0 Å². The highest BCUT2D eigenvalue weighted by Crippen LogP contribution is 2.15. The van der Waals surface area contributed by atoms with Gasteiger partial charge in [0.05, 0.1) is 5.69 Å². The minimum Gasteiger partial charge on any atom is -0.227 e. The Balaban J connectivity index is 3.02. The van der Waals surface area contributed by atoms with Crippen molar-refractivity contribution in [2.24, 2.45) is 0 Å². The first-order valence-corrected chi connectivity index (χ1v) is 6.02. The first-order chi connectivity index (χ1) is 5.26. The van der Waals surface area contributed by atoms with Crippen LogP contribution in [0, 0.1) is 0 Å². The summed E-state index contributed by atoms with van der Waals surface area (Å²) < 4.78 is 0.869. The summed E-state index contributed by atoms with van der Waals surface area (Å²) in [6.07, 6.45) is 1.93. The van der Waals surface area contributed by atoms with E-state index >= 15 is 0 Å². The molecule has 11 heavy (non-hydrogen) atoms. The van der Waals surface area contributed by atoms with Crippen molar-refractivity contribution in [2.45, 2.75) is 9.58 Å². The van der Waals surface area contributed by atoms with Gasteiger partial charge in [0.1, 0.15) is 5.15 Å². The van der Waals surface area contributed by atoms with E-state index in [-0.39, 0.29) is 0 Å². The number of halogens is 2. The normalized spacial score (nSPS) is 10.1. The number of aromatic nitrogens is 2. The fraction of sp³-hybridized carbons (Fsp3) is 0.333. The van der Waals surface area contributed by atoms with Gasteiger partial charge in [-0.3, -0.25) is 0 Å². The smallest absolute Gasteiger partial charge is 0.188 e. The van der Waals surface area contributed by atoms with Crippen LogP contribution in [-0.4, -0.2) is 16.2 Å². The van der Waals surface area contributed by atoms with Gasteiger partial charge in [-0.2, -0.15) is 0 Å². The molecule has 0 aliphatic rings. The molecule has 0 amide bonds. The van der Waals surface area contributed by atoms with Crippen molar-refractivity contribution >= 4 is 46.0 Å². The minimum atomic E-state index is 0.524. The Morgan fingerprint density at radius 3 is 2.91 bits per heavy atom. The van der Waals surface area contributed by atoms with Crippen molar-refractivity contribution in [1.82, 2.24) is 9.97 Å². The molecule has 0 radical (unpaired) electrons. The zero-order chi connectivity index (χ0) is 8.27. The summed E-state index contributed by atoms with van der Waals surface area (Å²) in [4.78, 5) is 8.24. The van der Waals surface area contributed by atoms with Crippen LogP contribution in [0.1, 0.15) is 5.69 Å². The molecule has 2 nitrogen and oxygen atoms in total. The number of nitrogens with zero attached hydrogens (tertiary/aromatic N) is 2. The molecule has 0 N–H and O–H groups in total. The topological polar surface area (TPSA) is 25.8 Å². The first kappa shape index (κ1) is 9.54. The molecule has 0 unspecified atom stereocenters. The SMILES string of the molecule is CSc1nc(Cl)cc(CI)n1. The number of hydrogen-bond donors (Lipinski definition) is 0. The molecule has 0 saturated heterocycles. The predicted octanol–water partition coefficient (Wildman–Crippen LogP) is 2.79. The van der Waals surface area contributed by atoms with Gasteiger partial charge in [-0.05, 0) is 12.3 Å². The van der Waals surface area contributed by atoms with Crippen LogP contribution in [0.4, 0.5) is 0 Å². The fourth-order valence-corrected chi connectivity index (χ4v) is 1.65. The highest BCUT2D eigenvalue weighted by atomic mass is 127. The summed E-state index contributed by atoms with van der Waals surface area (Å²) in [5, 5.41) is 1.26. The molecule has 1 heterocycles. The Morgan fingerprint density at radius 1 is 1.64 bits per heavy atom. The molecule has 1 rings (SSSR count). The molecule has 0 spiro atoms. The lowest BCUT2D eigenvalue weighted by atomic mass is 10.5. The molecule has 1 aromatic rings. The molecule has 0 aromatic carbocycles. The largest absolute Gasteiger partial charge is 0.227 e. The molecule has 0 aliphatic carbocycles. The lowest BCUT2D eigenvalue weighted by Gasteiger charge is -1.98. The average Bonchev–Trinajstić information content (AvgIpc) is 2.03. The first-order valence-electron chi connectivity index (χ1n) is 2.89.